The van der Waals surface area contributed by atoms with E-state index in [1.54, 1.807) is 0 Å². The molecule has 0 aromatic heterocycles. The van der Waals surface area contributed by atoms with Crippen LogP contribution in [0.4, 0.5) is 0 Å². The van der Waals surface area contributed by atoms with E-state index in [9.17, 15) is 0 Å². The lowest BCUT2D eigenvalue weighted by Crippen LogP contribution is -2.26. The highest BCUT2D eigenvalue weighted by atomic mass is 15.1. The largest absolute Gasteiger partial charge is 0.306 e. The van der Waals surface area contributed by atoms with E-state index in [1.807, 2.05) is 13.8 Å². The van der Waals surface area contributed by atoms with Crippen molar-refractivity contribution in [2.24, 2.45) is 0 Å². The average molecular weight is 159 g/mol. The zero-order valence-electron chi connectivity index (χ0n) is 9.15. The van der Waals surface area contributed by atoms with E-state index in [0.717, 1.165) is 6.04 Å². The second kappa shape index (κ2) is 9.96. The first-order chi connectivity index (χ1) is 5.22. The zero-order valence-corrected chi connectivity index (χ0v) is 9.15. The predicted octanol–water partition coefficient (Wildman–Crippen LogP) is 3.15. The molecule has 0 saturated heterocycles. The van der Waals surface area contributed by atoms with E-state index < -0.39 is 0 Å². The van der Waals surface area contributed by atoms with Gasteiger partial charge in [-0.2, -0.15) is 0 Å². The van der Waals surface area contributed by atoms with Crippen LogP contribution in [0.3, 0.4) is 0 Å². The van der Waals surface area contributed by atoms with Crippen LogP contribution in [0.2, 0.25) is 0 Å². The molecule has 1 atom stereocenters. The van der Waals surface area contributed by atoms with E-state index >= 15 is 0 Å². The molecule has 0 spiro atoms. The van der Waals surface area contributed by atoms with Gasteiger partial charge in [0.2, 0.25) is 0 Å². The Balaban J connectivity index is 0. The number of hydrogen-bond donors (Lipinski definition) is 0. The maximum absolute atomic E-state index is 2.31. The molecule has 0 fully saturated rings. The minimum Gasteiger partial charge on any atom is -0.306 e. The Kier molecular flexibility index (Phi) is 12.3. The van der Waals surface area contributed by atoms with Crippen molar-refractivity contribution in [2.75, 3.05) is 14.1 Å². The van der Waals surface area contributed by atoms with Gasteiger partial charge in [0.05, 0.1) is 0 Å². The lowest BCUT2D eigenvalue weighted by molar-refractivity contribution is 0.269. The highest BCUT2D eigenvalue weighted by Gasteiger charge is 2.05. The molecule has 0 amide bonds. The van der Waals surface area contributed by atoms with Gasteiger partial charge in [0.15, 0.2) is 0 Å². The lowest BCUT2D eigenvalue weighted by atomic mass is 10.1. The molecule has 0 aromatic rings. The number of hydrogen-bond acceptors (Lipinski definition) is 1. The minimum absolute atomic E-state index is 0.801. The lowest BCUT2D eigenvalue weighted by Gasteiger charge is -2.21. The van der Waals surface area contributed by atoms with Crippen LogP contribution in [0.1, 0.15) is 47.0 Å². The summed E-state index contributed by atoms with van der Waals surface area (Å²) in [4.78, 5) is 2.31. The number of nitrogens with zero attached hydrogens (tertiary/aromatic N) is 1. The molecule has 0 saturated carbocycles. The smallest absolute Gasteiger partial charge is 0.00864 e. The van der Waals surface area contributed by atoms with Gasteiger partial charge in [0.1, 0.15) is 0 Å². The van der Waals surface area contributed by atoms with Crippen LogP contribution in [-0.4, -0.2) is 25.0 Å². The Morgan fingerprint density at radius 2 is 1.55 bits per heavy atom. The fraction of sp³-hybridized carbons (Fsp3) is 1.00. The maximum Gasteiger partial charge on any atom is 0.00864 e. The van der Waals surface area contributed by atoms with Crippen LogP contribution >= 0.6 is 0 Å². The Morgan fingerprint density at radius 3 is 1.64 bits per heavy atom. The fourth-order valence-electron chi connectivity index (χ4n) is 1.16. The summed E-state index contributed by atoms with van der Waals surface area (Å²) in [6.45, 7) is 8.49. The van der Waals surface area contributed by atoms with Crippen molar-refractivity contribution in [3.05, 3.63) is 0 Å². The molecule has 1 nitrogen and oxygen atoms in total. The molecule has 0 aliphatic rings. The van der Waals surface area contributed by atoms with E-state index in [4.69, 9.17) is 0 Å². The topological polar surface area (TPSA) is 3.24 Å². The highest BCUT2D eigenvalue weighted by Crippen LogP contribution is 2.05. The van der Waals surface area contributed by atoms with Crippen LogP contribution in [0, 0.1) is 0 Å². The molecule has 1 heteroatoms. The third-order valence-electron chi connectivity index (χ3n) is 1.82. The molecule has 70 valence electrons. The summed E-state index contributed by atoms with van der Waals surface area (Å²) in [7, 11) is 4.31. The quantitative estimate of drug-likeness (QED) is 0.609. The van der Waals surface area contributed by atoms with Gasteiger partial charge in [-0.05, 0) is 26.9 Å². The average Bonchev–Trinajstić information content (AvgIpc) is 2.03. The molecule has 0 unspecified atom stereocenters. The summed E-state index contributed by atoms with van der Waals surface area (Å²) in [6, 6.07) is 0.801. The van der Waals surface area contributed by atoms with Crippen LogP contribution in [0.5, 0.6) is 0 Å². The van der Waals surface area contributed by atoms with E-state index in [2.05, 4.69) is 32.8 Å². The highest BCUT2D eigenvalue weighted by molar-refractivity contribution is 4.61. The second-order valence-corrected chi connectivity index (χ2v) is 2.81. The van der Waals surface area contributed by atoms with Crippen molar-refractivity contribution in [2.45, 2.75) is 53.0 Å². The van der Waals surface area contributed by atoms with Crippen molar-refractivity contribution >= 4 is 0 Å². The van der Waals surface area contributed by atoms with Crippen LogP contribution < -0.4 is 0 Å². The first kappa shape index (κ1) is 13.5. The maximum atomic E-state index is 2.31. The third-order valence-corrected chi connectivity index (χ3v) is 1.82. The van der Waals surface area contributed by atoms with Gasteiger partial charge in [0.25, 0.3) is 0 Å². The summed E-state index contributed by atoms with van der Waals surface area (Å²) >= 11 is 0. The van der Waals surface area contributed by atoms with E-state index in [-0.39, 0.29) is 0 Å². The summed E-state index contributed by atoms with van der Waals surface area (Å²) in [5, 5.41) is 0. The van der Waals surface area contributed by atoms with Gasteiger partial charge in [-0.15, -0.1) is 0 Å². The molecule has 0 aromatic carbocycles. The SMILES string of the molecule is CC.CCC[C@H](CC)N(C)C. The molecule has 0 rings (SSSR count). The monoisotopic (exact) mass is 159 g/mol. The van der Waals surface area contributed by atoms with Crippen LogP contribution in [-0.2, 0) is 0 Å². The minimum atomic E-state index is 0.801. The second-order valence-electron chi connectivity index (χ2n) is 2.81. The van der Waals surface area contributed by atoms with E-state index in [1.165, 1.54) is 19.3 Å². The van der Waals surface area contributed by atoms with Gasteiger partial charge in [-0.3, -0.25) is 0 Å². The molecule has 0 radical (unpaired) electrons. The Bertz CT molecular complexity index is 59.9. The summed E-state index contributed by atoms with van der Waals surface area (Å²) in [5.74, 6) is 0. The van der Waals surface area contributed by atoms with Crippen LogP contribution in [0.25, 0.3) is 0 Å². The molecule has 0 aliphatic heterocycles. The van der Waals surface area contributed by atoms with Crippen molar-refractivity contribution in [3.63, 3.8) is 0 Å². The number of rotatable bonds is 4. The van der Waals surface area contributed by atoms with Gasteiger partial charge in [-0.1, -0.05) is 34.1 Å². The van der Waals surface area contributed by atoms with Gasteiger partial charge in [0, 0.05) is 6.04 Å². The molecular formula is C10H25N. The fourth-order valence-corrected chi connectivity index (χ4v) is 1.16. The molecule has 0 aliphatic carbocycles. The van der Waals surface area contributed by atoms with Gasteiger partial charge < -0.3 is 4.90 Å². The Labute approximate surface area is 72.8 Å². The van der Waals surface area contributed by atoms with Crippen molar-refractivity contribution in [1.29, 1.82) is 0 Å². The molecule has 0 heterocycles. The Hall–Kier alpha value is -0.0400. The third kappa shape index (κ3) is 7.86. The molecule has 11 heavy (non-hydrogen) atoms. The van der Waals surface area contributed by atoms with Gasteiger partial charge in [-0.25, -0.2) is 0 Å². The van der Waals surface area contributed by atoms with Crippen LogP contribution in [0.15, 0.2) is 0 Å². The van der Waals surface area contributed by atoms with Crippen molar-refractivity contribution in [1.82, 2.24) is 4.90 Å². The van der Waals surface area contributed by atoms with Crippen molar-refractivity contribution in [3.8, 4) is 0 Å². The molecule has 0 bridgehead atoms. The molecular weight excluding hydrogens is 134 g/mol. The van der Waals surface area contributed by atoms with E-state index in [0.29, 0.717) is 0 Å². The predicted molar refractivity (Wildman–Crippen MR) is 54.0 cm³/mol. The summed E-state index contributed by atoms with van der Waals surface area (Å²) in [6.07, 6.45) is 3.92. The summed E-state index contributed by atoms with van der Waals surface area (Å²) < 4.78 is 0. The summed E-state index contributed by atoms with van der Waals surface area (Å²) in [5.41, 5.74) is 0. The van der Waals surface area contributed by atoms with Gasteiger partial charge >= 0.3 is 0 Å². The normalized spacial score (nSPS) is 12.3. The first-order valence-corrected chi connectivity index (χ1v) is 4.88. The molecule has 0 N–H and O–H groups in total. The van der Waals surface area contributed by atoms with Crippen molar-refractivity contribution < 1.29 is 0 Å². The zero-order chi connectivity index (χ0) is 9.28. The first-order valence-electron chi connectivity index (χ1n) is 4.88. The Morgan fingerprint density at radius 1 is 1.09 bits per heavy atom. The standard InChI is InChI=1S/C8H19N.C2H6/c1-5-7-8(6-2)9(3)4;1-2/h8H,5-7H2,1-4H3;1-2H3/t8-;/m0./s1.